The Hall–Kier alpha value is -2.31. The third-order valence-corrected chi connectivity index (χ3v) is 2.89. The fourth-order valence-electron chi connectivity index (χ4n) is 1.87. The molecule has 0 spiro atoms. The molecule has 3 nitrogen and oxygen atoms in total. The van der Waals surface area contributed by atoms with Crippen LogP contribution in [0, 0.1) is 5.82 Å². The van der Waals surface area contributed by atoms with Crippen LogP contribution in [-0.2, 0) is 6.18 Å². The van der Waals surface area contributed by atoms with Gasteiger partial charge in [0.25, 0.3) is 0 Å². The normalized spacial score (nSPS) is 13.0. The summed E-state index contributed by atoms with van der Waals surface area (Å²) < 4.78 is 51.2. The van der Waals surface area contributed by atoms with E-state index in [4.69, 9.17) is 5.73 Å². The van der Waals surface area contributed by atoms with Gasteiger partial charge in [-0.1, -0.05) is 12.1 Å². The molecule has 0 aliphatic carbocycles. The maximum absolute atomic E-state index is 13.1. The molecule has 1 atom stereocenters. The van der Waals surface area contributed by atoms with E-state index < -0.39 is 23.6 Å². The largest absolute Gasteiger partial charge is 0.416 e. The first-order chi connectivity index (χ1) is 9.75. The summed E-state index contributed by atoms with van der Waals surface area (Å²) in [5.41, 5.74) is 5.09. The van der Waals surface area contributed by atoms with E-state index in [-0.39, 0.29) is 11.6 Å². The van der Waals surface area contributed by atoms with Gasteiger partial charge in [-0.3, -0.25) is 0 Å². The summed E-state index contributed by atoms with van der Waals surface area (Å²) in [4.78, 5) is 3.81. The van der Waals surface area contributed by atoms with Crippen molar-refractivity contribution in [1.29, 1.82) is 0 Å². The summed E-state index contributed by atoms with van der Waals surface area (Å²) in [5.74, 6) is -0.671. The second-order valence-corrected chi connectivity index (χ2v) is 4.58. The number of halogens is 4. The molecule has 0 saturated carbocycles. The van der Waals surface area contributed by atoms with Crippen molar-refractivity contribution in [3.8, 4) is 0 Å². The number of nitrogens with one attached hydrogen (secondary N) is 1. The van der Waals surface area contributed by atoms with E-state index in [0.717, 1.165) is 12.1 Å². The van der Waals surface area contributed by atoms with E-state index in [1.807, 2.05) is 0 Å². The van der Waals surface area contributed by atoms with E-state index in [0.29, 0.717) is 5.56 Å². The summed E-state index contributed by atoms with van der Waals surface area (Å²) in [6, 6.07) is 6.99. The van der Waals surface area contributed by atoms with Gasteiger partial charge in [0.15, 0.2) is 0 Å². The SMILES string of the molecule is CC(Nc1cc(C(F)(F)F)cc(N)n1)c1cccc(F)c1. The second kappa shape index (κ2) is 5.59. The Labute approximate surface area is 118 Å². The zero-order valence-electron chi connectivity index (χ0n) is 11.1. The van der Waals surface area contributed by atoms with Gasteiger partial charge in [-0.25, -0.2) is 9.37 Å². The number of nitrogen functional groups attached to an aromatic ring is 1. The van der Waals surface area contributed by atoms with Crippen molar-refractivity contribution >= 4 is 11.6 Å². The molecule has 3 N–H and O–H groups in total. The molecule has 0 aliphatic rings. The zero-order chi connectivity index (χ0) is 15.6. The van der Waals surface area contributed by atoms with Crippen LogP contribution in [0.4, 0.5) is 29.2 Å². The molecule has 112 valence electrons. The van der Waals surface area contributed by atoms with Crippen molar-refractivity contribution in [3.63, 3.8) is 0 Å². The highest BCUT2D eigenvalue weighted by atomic mass is 19.4. The molecule has 2 aromatic rings. The standard InChI is InChI=1S/C14H13F4N3/c1-8(9-3-2-4-11(15)5-9)20-13-7-10(14(16,17)18)6-12(19)21-13/h2-8H,1H3,(H3,19,20,21). The summed E-state index contributed by atoms with van der Waals surface area (Å²) in [6.07, 6.45) is -4.50. The van der Waals surface area contributed by atoms with Crippen LogP contribution < -0.4 is 11.1 Å². The number of pyridine rings is 1. The van der Waals surface area contributed by atoms with Crippen molar-refractivity contribution in [2.75, 3.05) is 11.1 Å². The third-order valence-electron chi connectivity index (χ3n) is 2.89. The lowest BCUT2D eigenvalue weighted by Gasteiger charge is -2.17. The number of nitrogens with two attached hydrogens (primary N) is 1. The molecule has 2 rings (SSSR count). The minimum atomic E-state index is -4.50. The summed E-state index contributed by atoms with van der Waals surface area (Å²) in [6.45, 7) is 1.69. The lowest BCUT2D eigenvalue weighted by molar-refractivity contribution is -0.137. The summed E-state index contributed by atoms with van der Waals surface area (Å²) in [5, 5.41) is 2.78. The smallest absolute Gasteiger partial charge is 0.384 e. The van der Waals surface area contributed by atoms with Gasteiger partial charge in [0, 0.05) is 0 Å². The van der Waals surface area contributed by atoms with Gasteiger partial charge < -0.3 is 11.1 Å². The predicted octanol–water partition coefficient (Wildman–Crippen LogP) is 3.99. The van der Waals surface area contributed by atoms with Gasteiger partial charge in [0.05, 0.1) is 11.6 Å². The Morgan fingerprint density at radius 3 is 2.52 bits per heavy atom. The van der Waals surface area contributed by atoms with Gasteiger partial charge >= 0.3 is 6.18 Å². The average molecular weight is 299 g/mol. The number of rotatable bonds is 3. The van der Waals surface area contributed by atoms with Crippen LogP contribution in [0.3, 0.4) is 0 Å². The first-order valence-electron chi connectivity index (χ1n) is 6.12. The molecule has 0 fully saturated rings. The number of benzene rings is 1. The van der Waals surface area contributed by atoms with Crippen LogP contribution in [0.1, 0.15) is 24.1 Å². The Morgan fingerprint density at radius 2 is 1.90 bits per heavy atom. The lowest BCUT2D eigenvalue weighted by Crippen LogP contribution is -2.12. The van der Waals surface area contributed by atoms with Crippen LogP contribution >= 0.6 is 0 Å². The van der Waals surface area contributed by atoms with Crippen molar-refractivity contribution in [3.05, 3.63) is 53.3 Å². The van der Waals surface area contributed by atoms with Gasteiger partial charge in [-0.15, -0.1) is 0 Å². The van der Waals surface area contributed by atoms with Crippen LogP contribution in [0.5, 0.6) is 0 Å². The summed E-state index contributed by atoms with van der Waals surface area (Å²) in [7, 11) is 0. The highest BCUT2D eigenvalue weighted by Gasteiger charge is 2.31. The maximum Gasteiger partial charge on any atom is 0.416 e. The van der Waals surface area contributed by atoms with Gasteiger partial charge in [-0.2, -0.15) is 13.2 Å². The van der Waals surface area contributed by atoms with Crippen LogP contribution in [0.15, 0.2) is 36.4 Å². The number of alkyl halides is 3. The van der Waals surface area contributed by atoms with Gasteiger partial charge in [-0.05, 0) is 36.8 Å². The number of nitrogens with zero attached hydrogens (tertiary/aromatic N) is 1. The van der Waals surface area contributed by atoms with E-state index >= 15 is 0 Å². The first kappa shape index (κ1) is 15.1. The van der Waals surface area contributed by atoms with Crippen LogP contribution in [0.25, 0.3) is 0 Å². The van der Waals surface area contributed by atoms with Gasteiger partial charge in [0.1, 0.15) is 17.5 Å². The Kier molecular flexibility index (Phi) is 4.02. The second-order valence-electron chi connectivity index (χ2n) is 4.58. The van der Waals surface area contributed by atoms with E-state index in [1.54, 1.807) is 13.0 Å². The number of hydrogen-bond donors (Lipinski definition) is 2. The molecule has 21 heavy (non-hydrogen) atoms. The number of hydrogen-bond acceptors (Lipinski definition) is 3. The third kappa shape index (κ3) is 3.84. The highest BCUT2D eigenvalue weighted by Crippen LogP contribution is 2.32. The van der Waals surface area contributed by atoms with Crippen molar-refractivity contribution in [2.45, 2.75) is 19.1 Å². The van der Waals surface area contributed by atoms with Crippen molar-refractivity contribution < 1.29 is 17.6 Å². The summed E-state index contributed by atoms with van der Waals surface area (Å²) >= 11 is 0. The molecule has 1 heterocycles. The quantitative estimate of drug-likeness (QED) is 0.842. The molecule has 0 bridgehead atoms. The van der Waals surface area contributed by atoms with Crippen molar-refractivity contribution in [2.24, 2.45) is 0 Å². The predicted molar refractivity (Wildman–Crippen MR) is 72.1 cm³/mol. The molecule has 1 aromatic heterocycles. The minimum absolute atomic E-state index is 0.0147. The van der Waals surface area contributed by atoms with Gasteiger partial charge in [0.2, 0.25) is 0 Å². The molecule has 0 amide bonds. The highest BCUT2D eigenvalue weighted by molar-refractivity contribution is 5.48. The topological polar surface area (TPSA) is 50.9 Å². The molecule has 1 unspecified atom stereocenters. The fraction of sp³-hybridized carbons (Fsp3) is 0.214. The van der Waals surface area contributed by atoms with E-state index in [9.17, 15) is 17.6 Å². The Morgan fingerprint density at radius 1 is 1.19 bits per heavy atom. The monoisotopic (exact) mass is 299 g/mol. The molecule has 0 radical (unpaired) electrons. The first-order valence-corrected chi connectivity index (χ1v) is 6.12. The molecule has 0 saturated heterocycles. The Bertz CT molecular complexity index is 640. The molecular formula is C14H13F4N3. The number of anilines is 2. The molecule has 0 aliphatic heterocycles. The molecular weight excluding hydrogens is 286 g/mol. The van der Waals surface area contributed by atoms with E-state index in [2.05, 4.69) is 10.3 Å². The Balaban J connectivity index is 2.25. The fourth-order valence-corrected chi connectivity index (χ4v) is 1.87. The van der Waals surface area contributed by atoms with Crippen LogP contribution in [-0.4, -0.2) is 4.98 Å². The molecule has 1 aromatic carbocycles. The van der Waals surface area contributed by atoms with Crippen LogP contribution in [0.2, 0.25) is 0 Å². The molecule has 7 heteroatoms. The van der Waals surface area contributed by atoms with E-state index in [1.165, 1.54) is 18.2 Å². The van der Waals surface area contributed by atoms with Crippen molar-refractivity contribution in [1.82, 2.24) is 4.98 Å². The average Bonchev–Trinajstić information content (AvgIpc) is 2.37. The minimum Gasteiger partial charge on any atom is -0.384 e. The maximum atomic E-state index is 13.1. The number of aromatic nitrogens is 1. The lowest BCUT2D eigenvalue weighted by atomic mass is 10.1. The zero-order valence-corrected chi connectivity index (χ0v) is 11.1.